The fraction of sp³-hybridized carbons (Fsp3) is 0.857. The van der Waals surface area contributed by atoms with E-state index < -0.39 is 104 Å². The molecule has 2 fully saturated rings. The van der Waals surface area contributed by atoms with Crippen molar-refractivity contribution in [3.63, 3.8) is 0 Å². The van der Waals surface area contributed by atoms with Crippen molar-refractivity contribution in [3.8, 4) is 0 Å². The number of carbonyl (C=O) groups excluding carboxylic acids is 3. The van der Waals surface area contributed by atoms with Gasteiger partial charge < -0.3 is 86.2 Å². The largest absolute Gasteiger partial charge is 0.465 e. The van der Waals surface area contributed by atoms with Crippen molar-refractivity contribution in [2.75, 3.05) is 46.1 Å². The van der Waals surface area contributed by atoms with E-state index in [9.17, 15) is 60.0 Å². The first-order valence-electron chi connectivity index (χ1n) is 15.9. The first-order chi connectivity index (χ1) is 23.3. The number of amides is 4. The van der Waals surface area contributed by atoms with Crippen LogP contribution in [0.2, 0.25) is 0 Å². The summed E-state index contributed by atoms with van der Waals surface area (Å²) >= 11 is 0. The molecule has 0 aromatic heterocycles. The molecule has 2 saturated heterocycles. The molecule has 2 heterocycles. The molecule has 21 heteroatoms. The van der Waals surface area contributed by atoms with Gasteiger partial charge in [-0.1, -0.05) is 6.42 Å². The highest BCUT2D eigenvalue weighted by Gasteiger charge is 2.45. The maximum Gasteiger partial charge on any atom is 0.404 e. The minimum atomic E-state index is -1.65. The molecule has 0 spiro atoms. The van der Waals surface area contributed by atoms with Gasteiger partial charge in [0.05, 0.1) is 26.4 Å². The summed E-state index contributed by atoms with van der Waals surface area (Å²) in [5.74, 6) is -1.69. The number of aliphatic hydroxyl groups is 8. The van der Waals surface area contributed by atoms with E-state index >= 15 is 0 Å². The summed E-state index contributed by atoms with van der Waals surface area (Å²) in [6.45, 7) is -1.74. The van der Waals surface area contributed by atoms with Crippen LogP contribution < -0.4 is 21.3 Å². The summed E-state index contributed by atoms with van der Waals surface area (Å²) in [4.78, 5) is 48.6. The number of nitrogens with one attached hydrogen (secondary N) is 4. The van der Waals surface area contributed by atoms with Crippen molar-refractivity contribution in [1.29, 1.82) is 0 Å². The van der Waals surface area contributed by atoms with E-state index in [1.165, 1.54) is 0 Å². The van der Waals surface area contributed by atoms with Gasteiger partial charge in [-0.05, 0) is 19.3 Å². The fourth-order valence-electron chi connectivity index (χ4n) is 4.93. The maximum absolute atomic E-state index is 13.0. The van der Waals surface area contributed by atoms with Crippen molar-refractivity contribution in [3.05, 3.63) is 0 Å². The average molecular weight is 715 g/mol. The van der Waals surface area contributed by atoms with E-state index in [1.54, 1.807) is 0 Å². The summed E-state index contributed by atoms with van der Waals surface area (Å²) in [6, 6.07) is -1.16. The molecule has 0 aromatic carbocycles. The van der Waals surface area contributed by atoms with Crippen molar-refractivity contribution in [1.82, 2.24) is 21.3 Å². The zero-order valence-electron chi connectivity index (χ0n) is 26.8. The summed E-state index contributed by atoms with van der Waals surface area (Å²) in [5, 5.41) is 96.6. The summed E-state index contributed by atoms with van der Waals surface area (Å²) < 4.78 is 21.1. The van der Waals surface area contributed by atoms with E-state index in [2.05, 4.69) is 21.3 Å². The van der Waals surface area contributed by atoms with Crippen LogP contribution in [0.4, 0.5) is 4.79 Å². The number of rotatable bonds is 21. The second-order valence-corrected chi connectivity index (χ2v) is 11.5. The Bertz CT molecular complexity index is 1020. The smallest absolute Gasteiger partial charge is 0.404 e. The van der Waals surface area contributed by atoms with E-state index in [0.29, 0.717) is 19.3 Å². The molecule has 284 valence electrons. The third kappa shape index (κ3) is 14.2. The van der Waals surface area contributed by atoms with Gasteiger partial charge in [-0.3, -0.25) is 14.4 Å². The lowest BCUT2D eigenvalue weighted by atomic mass is 9.99. The van der Waals surface area contributed by atoms with Crippen LogP contribution in [0.1, 0.15) is 38.5 Å². The zero-order valence-corrected chi connectivity index (χ0v) is 26.8. The second kappa shape index (κ2) is 22.1. The molecule has 0 radical (unpaired) electrons. The first-order valence-corrected chi connectivity index (χ1v) is 15.9. The van der Waals surface area contributed by atoms with Crippen molar-refractivity contribution >= 4 is 23.8 Å². The van der Waals surface area contributed by atoms with E-state index in [-0.39, 0.29) is 52.1 Å². The minimum Gasteiger partial charge on any atom is -0.465 e. The van der Waals surface area contributed by atoms with Gasteiger partial charge in [-0.25, -0.2) is 4.79 Å². The predicted molar refractivity (Wildman–Crippen MR) is 161 cm³/mol. The molecule has 2 rings (SSSR count). The Morgan fingerprint density at radius 2 is 1.14 bits per heavy atom. The monoisotopic (exact) mass is 714 g/mol. The lowest BCUT2D eigenvalue weighted by Crippen LogP contribution is -2.59. The van der Waals surface area contributed by atoms with Gasteiger partial charge >= 0.3 is 6.09 Å². The van der Waals surface area contributed by atoms with Crippen LogP contribution in [0.15, 0.2) is 0 Å². The molecule has 2 aliphatic heterocycles. The highest BCUT2D eigenvalue weighted by Crippen LogP contribution is 2.23. The third-order valence-corrected chi connectivity index (χ3v) is 7.76. The Kier molecular flexibility index (Phi) is 19.1. The number of carbonyl (C=O) groups is 4. The molecular weight excluding hydrogens is 664 g/mol. The maximum atomic E-state index is 13.0. The Labute approximate surface area is 281 Å². The number of unbranched alkanes of at least 4 members (excludes halogenated alkanes) is 2. The van der Waals surface area contributed by atoms with Gasteiger partial charge in [0.1, 0.15) is 54.9 Å². The van der Waals surface area contributed by atoms with E-state index in [1.807, 2.05) is 0 Å². The number of carboxylic acid groups (broad SMARTS) is 1. The van der Waals surface area contributed by atoms with Crippen molar-refractivity contribution in [2.24, 2.45) is 0 Å². The normalized spacial score (nSPS) is 30.6. The van der Waals surface area contributed by atoms with Crippen LogP contribution in [0.3, 0.4) is 0 Å². The van der Waals surface area contributed by atoms with Crippen LogP contribution in [-0.4, -0.2) is 183 Å². The molecule has 0 bridgehead atoms. The standard InChI is InChI=1S/C28H50N4O17/c33-12-15-19(37)21(39)23(41)26(48-15)46-10-8-29-17(35)6-5-14(32-18(36)4-2-1-3-7-31-28(44)45)25(43)30-9-11-47-27-24(42)22(40)20(38)16(13-34)49-27/h14-16,19-24,26-27,31,33-34,37-42H,1-13H2,(H,29,35)(H,30,43)(H,32,36)(H,44,45)/t14-,15+,16+,19+,20+,21-,22-,23-,24-,26-,27-/m0/s1. The molecule has 0 aliphatic carbocycles. The van der Waals surface area contributed by atoms with Gasteiger partial charge in [-0.2, -0.15) is 0 Å². The van der Waals surface area contributed by atoms with E-state index in [0.717, 1.165) is 0 Å². The molecule has 11 atom stereocenters. The second-order valence-electron chi connectivity index (χ2n) is 11.5. The van der Waals surface area contributed by atoms with Crippen molar-refractivity contribution < 1.29 is 84.1 Å². The summed E-state index contributed by atoms with van der Waals surface area (Å²) in [6.07, 6.45) is -14.8. The van der Waals surface area contributed by atoms with E-state index in [4.69, 9.17) is 24.1 Å². The molecular formula is C28H50N4O17. The quantitative estimate of drug-likeness (QED) is 0.0492. The molecule has 21 nitrogen and oxygen atoms in total. The number of hydrogen-bond donors (Lipinski definition) is 13. The third-order valence-electron chi connectivity index (χ3n) is 7.76. The number of hydrogen-bond acceptors (Lipinski definition) is 16. The Morgan fingerprint density at radius 3 is 1.65 bits per heavy atom. The summed E-state index contributed by atoms with van der Waals surface area (Å²) in [7, 11) is 0. The van der Waals surface area contributed by atoms with Gasteiger partial charge in [-0.15, -0.1) is 0 Å². The first kappa shape index (κ1) is 42.4. The lowest BCUT2D eigenvalue weighted by molar-refractivity contribution is -0.300. The van der Waals surface area contributed by atoms with Gasteiger partial charge in [0.2, 0.25) is 17.7 Å². The highest BCUT2D eigenvalue weighted by atomic mass is 16.7. The van der Waals surface area contributed by atoms with Crippen LogP contribution in [-0.2, 0) is 33.3 Å². The van der Waals surface area contributed by atoms with Crippen LogP contribution in [0.25, 0.3) is 0 Å². The zero-order chi connectivity index (χ0) is 36.5. The Hall–Kier alpha value is -2.80. The molecule has 0 saturated carbocycles. The summed E-state index contributed by atoms with van der Waals surface area (Å²) in [5.41, 5.74) is 0. The van der Waals surface area contributed by atoms with Gasteiger partial charge in [0.25, 0.3) is 0 Å². The fourth-order valence-corrected chi connectivity index (χ4v) is 4.93. The minimum absolute atomic E-state index is 0.0263. The van der Waals surface area contributed by atoms with Crippen LogP contribution in [0.5, 0.6) is 0 Å². The molecule has 0 aromatic rings. The van der Waals surface area contributed by atoms with Gasteiger partial charge in [0.15, 0.2) is 12.6 Å². The lowest BCUT2D eigenvalue weighted by Gasteiger charge is -2.39. The molecule has 49 heavy (non-hydrogen) atoms. The van der Waals surface area contributed by atoms with Crippen LogP contribution >= 0.6 is 0 Å². The molecule has 0 unspecified atom stereocenters. The SMILES string of the molecule is O=C(O)NCCCCCC(=O)N[C@@H](CCC(=O)NCCO[C@H]1O[C@H](CO)[C@@H](O)[C@H](O)[C@@H]1O)C(=O)NCCO[C@H]1O[C@H](CO)[C@@H](O)[C@H](O)[C@@H]1O. The topological polar surface area (TPSA) is 335 Å². The Balaban J connectivity index is 1.83. The predicted octanol–water partition coefficient (Wildman–Crippen LogP) is -6.06. The number of aliphatic hydroxyl groups excluding tert-OH is 8. The Morgan fingerprint density at radius 1 is 0.612 bits per heavy atom. The molecule has 13 N–H and O–H groups in total. The van der Waals surface area contributed by atoms with Gasteiger partial charge in [0, 0.05) is 32.5 Å². The number of ether oxygens (including phenoxy) is 4. The molecule has 4 amide bonds. The van der Waals surface area contributed by atoms with Crippen LogP contribution in [0, 0.1) is 0 Å². The van der Waals surface area contributed by atoms with Crippen molar-refractivity contribution in [2.45, 2.75) is 106 Å². The highest BCUT2D eigenvalue weighted by molar-refractivity contribution is 5.88. The average Bonchev–Trinajstić information content (AvgIpc) is 3.07. The molecule has 2 aliphatic rings.